The number of nitrogens with zero attached hydrogens (tertiary/aromatic N) is 1. The number of anilines is 2. The van der Waals surface area contributed by atoms with Gasteiger partial charge in [-0.1, -0.05) is 19.4 Å². The fourth-order valence-electron chi connectivity index (χ4n) is 3.87. The Bertz CT molecular complexity index is 460. The van der Waals surface area contributed by atoms with Crippen molar-refractivity contribution in [2.24, 2.45) is 5.92 Å². The zero-order valence-electron chi connectivity index (χ0n) is 12.5. The number of nitrogens with two attached hydrogens (primary N) is 1. The molecule has 0 spiro atoms. The van der Waals surface area contributed by atoms with Crippen LogP contribution in [0.4, 0.5) is 11.4 Å². The van der Waals surface area contributed by atoms with Crippen LogP contribution < -0.4 is 15.4 Å². The Balaban J connectivity index is 1.85. The Hall–Kier alpha value is -1.38. The number of nitrogen functional groups attached to an aromatic ring is 1. The fourth-order valence-corrected chi connectivity index (χ4v) is 3.87. The monoisotopic (exact) mass is 274 g/mol. The summed E-state index contributed by atoms with van der Waals surface area (Å²) < 4.78 is 5.78. The molecule has 0 aromatic heterocycles. The second-order valence-electron chi connectivity index (χ2n) is 6.13. The second-order valence-corrected chi connectivity index (χ2v) is 6.13. The van der Waals surface area contributed by atoms with Gasteiger partial charge in [-0.05, 0) is 50.2 Å². The van der Waals surface area contributed by atoms with Gasteiger partial charge in [-0.15, -0.1) is 0 Å². The van der Waals surface area contributed by atoms with Crippen molar-refractivity contribution >= 4 is 11.4 Å². The maximum absolute atomic E-state index is 6.37. The molecule has 2 N–H and O–H groups in total. The number of piperidine rings is 1. The van der Waals surface area contributed by atoms with Gasteiger partial charge >= 0.3 is 0 Å². The largest absolute Gasteiger partial charge is 0.491 e. The smallest absolute Gasteiger partial charge is 0.144 e. The number of hydrogen-bond acceptors (Lipinski definition) is 3. The summed E-state index contributed by atoms with van der Waals surface area (Å²) in [6, 6.07) is 6.93. The van der Waals surface area contributed by atoms with Gasteiger partial charge in [0.25, 0.3) is 0 Å². The van der Waals surface area contributed by atoms with E-state index in [1.54, 1.807) is 0 Å². The Morgan fingerprint density at radius 1 is 1.25 bits per heavy atom. The van der Waals surface area contributed by atoms with Crippen LogP contribution >= 0.6 is 0 Å². The summed E-state index contributed by atoms with van der Waals surface area (Å²) in [5.74, 6) is 1.73. The van der Waals surface area contributed by atoms with Crippen LogP contribution in [-0.4, -0.2) is 19.2 Å². The summed E-state index contributed by atoms with van der Waals surface area (Å²) in [6.07, 6.45) is 7.79. The van der Waals surface area contributed by atoms with Crippen LogP contribution in [0.3, 0.4) is 0 Å². The molecular formula is C17H26N2O. The predicted molar refractivity (Wildman–Crippen MR) is 84.3 cm³/mol. The van der Waals surface area contributed by atoms with Crippen LogP contribution in [0.15, 0.2) is 18.2 Å². The molecule has 1 aliphatic carbocycles. The molecule has 2 fully saturated rings. The Morgan fingerprint density at radius 2 is 2.10 bits per heavy atom. The second kappa shape index (κ2) is 5.94. The predicted octanol–water partition coefficient (Wildman–Crippen LogP) is 3.83. The highest BCUT2D eigenvalue weighted by Gasteiger charge is 2.35. The van der Waals surface area contributed by atoms with E-state index in [1.807, 2.05) is 6.07 Å². The van der Waals surface area contributed by atoms with Crippen molar-refractivity contribution in [3.63, 3.8) is 0 Å². The topological polar surface area (TPSA) is 38.5 Å². The third-order valence-corrected chi connectivity index (χ3v) is 4.81. The first-order chi connectivity index (χ1) is 9.81. The van der Waals surface area contributed by atoms with E-state index in [1.165, 1.54) is 37.8 Å². The molecule has 110 valence electrons. The third-order valence-electron chi connectivity index (χ3n) is 4.81. The van der Waals surface area contributed by atoms with Crippen LogP contribution in [0.1, 0.15) is 45.4 Å². The molecule has 1 saturated heterocycles. The third kappa shape index (κ3) is 2.46. The van der Waals surface area contributed by atoms with Gasteiger partial charge in [-0.3, -0.25) is 0 Å². The lowest BCUT2D eigenvalue weighted by molar-refractivity contribution is 0.318. The first-order valence-electron chi connectivity index (χ1n) is 8.09. The molecule has 1 aliphatic heterocycles. The minimum atomic E-state index is 0.701. The average molecular weight is 274 g/mol. The lowest BCUT2D eigenvalue weighted by atomic mass is 9.91. The van der Waals surface area contributed by atoms with Gasteiger partial charge in [0, 0.05) is 12.6 Å². The molecule has 3 heteroatoms. The maximum Gasteiger partial charge on any atom is 0.144 e. The number of fused-ring (bicyclic) bond motifs is 1. The number of benzene rings is 1. The molecule has 3 rings (SSSR count). The van der Waals surface area contributed by atoms with Crippen molar-refractivity contribution in [1.82, 2.24) is 0 Å². The first-order valence-corrected chi connectivity index (χ1v) is 8.09. The zero-order chi connectivity index (χ0) is 13.9. The number of para-hydroxylation sites is 1. The molecule has 0 amide bonds. The fraction of sp³-hybridized carbons (Fsp3) is 0.647. The molecule has 2 atom stereocenters. The summed E-state index contributed by atoms with van der Waals surface area (Å²) in [5, 5.41) is 0. The number of ether oxygens (including phenoxy) is 1. The Kier molecular flexibility index (Phi) is 4.04. The molecule has 1 saturated carbocycles. The highest BCUT2D eigenvalue weighted by atomic mass is 16.5. The lowest BCUT2D eigenvalue weighted by Gasteiger charge is -2.40. The van der Waals surface area contributed by atoms with Crippen molar-refractivity contribution in [2.75, 3.05) is 23.8 Å². The quantitative estimate of drug-likeness (QED) is 0.848. The first kappa shape index (κ1) is 13.6. The van der Waals surface area contributed by atoms with E-state index in [9.17, 15) is 0 Å². The molecule has 2 aliphatic rings. The highest BCUT2D eigenvalue weighted by molar-refractivity contribution is 5.74. The minimum Gasteiger partial charge on any atom is -0.491 e. The van der Waals surface area contributed by atoms with Gasteiger partial charge in [0.1, 0.15) is 5.75 Å². The standard InChI is InChI=1S/C17H26N2O/c1-2-12-20-16-10-4-9-15(17(16)18)19-11-5-7-13-6-3-8-14(13)19/h4,9-10,13-14H,2-3,5-8,11-12,18H2,1H3. The number of rotatable bonds is 4. The van der Waals surface area contributed by atoms with E-state index in [0.29, 0.717) is 6.04 Å². The molecular weight excluding hydrogens is 248 g/mol. The van der Waals surface area contributed by atoms with Crippen LogP contribution in [0.25, 0.3) is 0 Å². The van der Waals surface area contributed by atoms with Crippen molar-refractivity contribution < 1.29 is 4.74 Å². The summed E-state index contributed by atoms with van der Waals surface area (Å²) >= 11 is 0. The van der Waals surface area contributed by atoms with Crippen molar-refractivity contribution in [2.45, 2.75) is 51.5 Å². The normalized spacial score (nSPS) is 25.6. The molecule has 20 heavy (non-hydrogen) atoms. The van der Waals surface area contributed by atoms with Crippen molar-refractivity contribution in [3.05, 3.63) is 18.2 Å². The molecule has 1 aromatic rings. The van der Waals surface area contributed by atoms with Gasteiger partial charge in [0.15, 0.2) is 0 Å². The maximum atomic E-state index is 6.37. The van der Waals surface area contributed by atoms with Gasteiger partial charge in [0.2, 0.25) is 0 Å². The lowest BCUT2D eigenvalue weighted by Crippen LogP contribution is -2.43. The molecule has 0 bridgehead atoms. The zero-order valence-corrected chi connectivity index (χ0v) is 12.5. The van der Waals surface area contributed by atoms with E-state index < -0.39 is 0 Å². The van der Waals surface area contributed by atoms with E-state index >= 15 is 0 Å². The van der Waals surface area contributed by atoms with E-state index in [-0.39, 0.29) is 0 Å². The molecule has 2 unspecified atom stereocenters. The SMILES string of the molecule is CCCOc1cccc(N2CCCC3CCCC32)c1N. The van der Waals surface area contributed by atoms with Gasteiger partial charge in [-0.2, -0.15) is 0 Å². The van der Waals surface area contributed by atoms with Gasteiger partial charge in [0.05, 0.1) is 18.0 Å². The molecule has 1 aromatic carbocycles. The van der Waals surface area contributed by atoms with E-state index in [4.69, 9.17) is 10.5 Å². The van der Waals surface area contributed by atoms with Crippen LogP contribution in [0.2, 0.25) is 0 Å². The molecule has 0 radical (unpaired) electrons. The highest BCUT2D eigenvalue weighted by Crippen LogP contribution is 2.42. The van der Waals surface area contributed by atoms with Gasteiger partial charge in [-0.25, -0.2) is 0 Å². The summed E-state index contributed by atoms with van der Waals surface area (Å²) in [7, 11) is 0. The van der Waals surface area contributed by atoms with Crippen molar-refractivity contribution in [1.29, 1.82) is 0 Å². The van der Waals surface area contributed by atoms with Crippen LogP contribution in [0.5, 0.6) is 5.75 Å². The van der Waals surface area contributed by atoms with Gasteiger partial charge < -0.3 is 15.4 Å². The molecule has 3 nitrogen and oxygen atoms in total. The van der Waals surface area contributed by atoms with Crippen molar-refractivity contribution in [3.8, 4) is 5.75 Å². The molecule has 1 heterocycles. The van der Waals surface area contributed by atoms with E-state index in [0.717, 1.165) is 36.9 Å². The van der Waals surface area contributed by atoms with Crippen LogP contribution in [-0.2, 0) is 0 Å². The Labute approximate surface area is 122 Å². The van der Waals surface area contributed by atoms with Crippen LogP contribution in [0, 0.1) is 5.92 Å². The summed E-state index contributed by atoms with van der Waals surface area (Å²) in [4.78, 5) is 2.55. The minimum absolute atomic E-state index is 0.701. The Morgan fingerprint density at radius 3 is 2.95 bits per heavy atom. The summed E-state index contributed by atoms with van der Waals surface area (Å²) in [5.41, 5.74) is 8.39. The average Bonchev–Trinajstić information content (AvgIpc) is 2.95. The van der Waals surface area contributed by atoms with E-state index in [2.05, 4.69) is 24.0 Å². The number of hydrogen-bond donors (Lipinski definition) is 1. The summed E-state index contributed by atoms with van der Waals surface area (Å²) in [6.45, 7) is 4.00.